The van der Waals surface area contributed by atoms with E-state index in [-0.39, 0.29) is 18.1 Å². The van der Waals surface area contributed by atoms with Gasteiger partial charge >= 0.3 is 11.9 Å². The Hall–Kier alpha value is -2.06. The first-order valence-electron chi connectivity index (χ1n) is 4.89. The molecule has 0 spiro atoms. The van der Waals surface area contributed by atoms with Crippen LogP contribution in [0.1, 0.15) is 13.8 Å². The van der Waals surface area contributed by atoms with Crippen LogP contribution in [0.2, 0.25) is 0 Å². The van der Waals surface area contributed by atoms with Crippen LogP contribution in [0.15, 0.2) is 5.28 Å². The van der Waals surface area contributed by atoms with E-state index in [1.54, 1.807) is 0 Å². The molecule has 1 unspecified atom stereocenters. The van der Waals surface area contributed by atoms with Crippen molar-refractivity contribution in [3.63, 3.8) is 0 Å². The second kappa shape index (κ2) is 5.32. The minimum absolute atomic E-state index is 0.0770. The standard InChI is InChI=1S/C8H13N3O6/c1-5(12)16-6(2)17-9-11(15)10-3-7(4-10)8(13)14/h6-7H,3-4H2,1-2H3,(H,13,14). The summed E-state index contributed by atoms with van der Waals surface area (Å²) in [5.41, 5.74) is 0. The molecule has 1 atom stereocenters. The van der Waals surface area contributed by atoms with Gasteiger partial charge in [-0.25, -0.2) is 0 Å². The zero-order valence-corrected chi connectivity index (χ0v) is 9.40. The van der Waals surface area contributed by atoms with Gasteiger partial charge in [-0.2, -0.15) is 0 Å². The van der Waals surface area contributed by atoms with Gasteiger partial charge in [0.2, 0.25) is 5.28 Å². The van der Waals surface area contributed by atoms with E-state index in [1.165, 1.54) is 13.8 Å². The zero-order valence-electron chi connectivity index (χ0n) is 9.40. The van der Waals surface area contributed by atoms with Crippen LogP contribution in [0, 0.1) is 11.1 Å². The molecule has 1 saturated heterocycles. The van der Waals surface area contributed by atoms with Crippen molar-refractivity contribution in [1.29, 1.82) is 0 Å². The Morgan fingerprint density at radius 2 is 2.18 bits per heavy atom. The highest BCUT2D eigenvalue weighted by Gasteiger charge is 2.38. The van der Waals surface area contributed by atoms with Crippen molar-refractivity contribution in [2.45, 2.75) is 20.1 Å². The molecule has 0 saturated carbocycles. The second-order valence-electron chi connectivity index (χ2n) is 3.52. The third-order valence-corrected chi connectivity index (χ3v) is 2.05. The second-order valence-corrected chi connectivity index (χ2v) is 3.52. The molecule has 96 valence electrons. The zero-order chi connectivity index (χ0) is 13.0. The fourth-order valence-corrected chi connectivity index (χ4v) is 1.16. The van der Waals surface area contributed by atoms with Gasteiger partial charge in [-0.05, 0) is 0 Å². The lowest BCUT2D eigenvalue weighted by atomic mass is 10.0. The lowest BCUT2D eigenvalue weighted by Gasteiger charge is -2.31. The maximum Gasteiger partial charge on any atom is 0.310 e. The predicted molar refractivity (Wildman–Crippen MR) is 51.1 cm³/mol. The lowest BCUT2D eigenvalue weighted by Crippen LogP contribution is -2.53. The van der Waals surface area contributed by atoms with Crippen molar-refractivity contribution in [1.82, 2.24) is 5.01 Å². The van der Waals surface area contributed by atoms with Crippen LogP contribution in [-0.4, -0.2) is 46.4 Å². The van der Waals surface area contributed by atoms with E-state index < -0.39 is 24.1 Å². The summed E-state index contributed by atoms with van der Waals surface area (Å²) in [5, 5.41) is 24.0. The number of hydrogen-bond acceptors (Lipinski definition) is 6. The maximum absolute atomic E-state index is 11.2. The number of carboxylic acids is 1. The number of carbonyl (C=O) groups excluding carboxylic acids is 1. The Labute approximate surface area is 96.7 Å². The van der Waals surface area contributed by atoms with Crippen molar-refractivity contribution in [3.8, 4) is 0 Å². The van der Waals surface area contributed by atoms with E-state index >= 15 is 0 Å². The Morgan fingerprint density at radius 1 is 1.59 bits per heavy atom. The molecule has 1 N–H and O–H groups in total. The van der Waals surface area contributed by atoms with Crippen LogP contribution < -0.4 is 0 Å². The first kappa shape index (κ1) is 13.0. The molecule has 9 heteroatoms. The van der Waals surface area contributed by atoms with E-state index in [0.29, 0.717) is 0 Å². The molecular formula is C8H13N3O6. The van der Waals surface area contributed by atoms with Crippen molar-refractivity contribution >= 4 is 11.9 Å². The first-order valence-corrected chi connectivity index (χ1v) is 4.89. The van der Waals surface area contributed by atoms with Crippen LogP contribution in [0.5, 0.6) is 0 Å². The fourth-order valence-electron chi connectivity index (χ4n) is 1.16. The number of carboxylic acid groups (broad SMARTS) is 1. The number of ether oxygens (including phenoxy) is 1. The van der Waals surface area contributed by atoms with Crippen LogP contribution in [-0.2, 0) is 19.2 Å². The third kappa shape index (κ3) is 3.78. The van der Waals surface area contributed by atoms with Gasteiger partial charge in [-0.1, -0.05) is 0 Å². The molecular weight excluding hydrogens is 234 g/mol. The van der Waals surface area contributed by atoms with Gasteiger partial charge < -0.3 is 15.1 Å². The number of hydrogen-bond donors (Lipinski definition) is 1. The van der Waals surface area contributed by atoms with Crippen molar-refractivity contribution in [2.24, 2.45) is 11.2 Å². The summed E-state index contributed by atoms with van der Waals surface area (Å²) >= 11 is 0. The molecule has 1 heterocycles. The lowest BCUT2D eigenvalue weighted by molar-refractivity contribution is -0.727. The van der Waals surface area contributed by atoms with E-state index in [9.17, 15) is 14.8 Å². The van der Waals surface area contributed by atoms with Crippen molar-refractivity contribution in [2.75, 3.05) is 13.1 Å². The Kier molecular flexibility index (Phi) is 4.07. The summed E-state index contributed by atoms with van der Waals surface area (Å²) in [6.07, 6.45) is -0.972. The minimum Gasteiger partial charge on any atom is -0.569 e. The predicted octanol–water partition coefficient (Wildman–Crippen LogP) is -0.279. The molecule has 0 radical (unpaired) electrons. The quantitative estimate of drug-likeness (QED) is 0.233. The van der Waals surface area contributed by atoms with Crippen LogP contribution in [0.3, 0.4) is 0 Å². The van der Waals surface area contributed by atoms with Gasteiger partial charge in [0.1, 0.15) is 5.92 Å². The van der Waals surface area contributed by atoms with Gasteiger partial charge in [-0.15, -0.1) is 5.01 Å². The summed E-state index contributed by atoms with van der Waals surface area (Å²) in [6.45, 7) is 2.75. The first-order chi connectivity index (χ1) is 7.90. The molecule has 0 aromatic heterocycles. The SMILES string of the molecule is CC(=O)OC(C)ON=[N+]([O-])N1CC(C(=O)O)C1. The third-order valence-electron chi connectivity index (χ3n) is 2.05. The summed E-state index contributed by atoms with van der Waals surface area (Å²) < 4.78 is 4.56. The minimum atomic E-state index is -0.972. The molecule has 17 heavy (non-hydrogen) atoms. The summed E-state index contributed by atoms with van der Waals surface area (Å²) in [7, 11) is 0. The Bertz CT molecular complexity index is 338. The molecule has 0 bridgehead atoms. The average molecular weight is 247 g/mol. The topological polar surface area (TPSA) is 114 Å². The number of carbonyl (C=O) groups is 2. The molecule has 1 aliphatic rings. The summed E-state index contributed by atoms with van der Waals surface area (Å²) in [6, 6.07) is 0. The molecule has 0 aliphatic carbocycles. The molecule has 0 aromatic carbocycles. The van der Waals surface area contributed by atoms with E-state index in [2.05, 4.69) is 14.9 Å². The monoisotopic (exact) mass is 247 g/mol. The fraction of sp³-hybridized carbons (Fsp3) is 0.750. The Balaban J connectivity index is 2.31. The van der Waals surface area contributed by atoms with E-state index in [1.807, 2.05) is 0 Å². The molecule has 1 rings (SSSR count). The highest BCUT2D eigenvalue weighted by molar-refractivity contribution is 5.71. The summed E-state index contributed by atoms with van der Waals surface area (Å²) in [4.78, 5) is 25.7. The highest BCUT2D eigenvalue weighted by Crippen LogP contribution is 2.15. The van der Waals surface area contributed by atoms with E-state index in [0.717, 1.165) is 5.01 Å². The van der Waals surface area contributed by atoms with Crippen LogP contribution in [0.25, 0.3) is 0 Å². The molecule has 0 amide bonds. The number of hydrazine groups is 1. The number of aliphatic carboxylic acids is 1. The van der Waals surface area contributed by atoms with Gasteiger partial charge in [0, 0.05) is 13.8 Å². The smallest absolute Gasteiger partial charge is 0.310 e. The van der Waals surface area contributed by atoms with Crippen LogP contribution in [0.4, 0.5) is 0 Å². The molecule has 9 nitrogen and oxygen atoms in total. The number of rotatable bonds is 5. The van der Waals surface area contributed by atoms with Gasteiger partial charge in [0.15, 0.2) is 0 Å². The normalized spacial score (nSPS) is 18.2. The molecule has 1 fully saturated rings. The summed E-state index contributed by atoms with van der Waals surface area (Å²) in [5.74, 6) is -2.07. The molecule has 0 aromatic rings. The van der Waals surface area contributed by atoms with Gasteiger partial charge in [-0.3, -0.25) is 14.4 Å². The Morgan fingerprint density at radius 3 is 2.65 bits per heavy atom. The van der Waals surface area contributed by atoms with E-state index in [4.69, 9.17) is 5.11 Å². The number of nitrogens with zero attached hydrogens (tertiary/aromatic N) is 3. The van der Waals surface area contributed by atoms with Crippen LogP contribution >= 0.6 is 0 Å². The van der Waals surface area contributed by atoms with Crippen molar-refractivity contribution < 1.29 is 29.2 Å². The van der Waals surface area contributed by atoms with Crippen molar-refractivity contribution in [3.05, 3.63) is 5.21 Å². The largest absolute Gasteiger partial charge is 0.569 e. The number of esters is 1. The van der Waals surface area contributed by atoms with Gasteiger partial charge in [0.25, 0.3) is 6.29 Å². The molecule has 1 aliphatic heterocycles. The van der Waals surface area contributed by atoms with Gasteiger partial charge in [0.05, 0.1) is 18.1 Å². The maximum atomic E-state index is 11.2. The highest BCUT2D eigenvalue weighted by atomic mass is 16.8. The average Bonchev–Trinajstić information content (AvgIpc) is 2.10.